The van der Waals surface area contributed by atoms with Crippen molar-refractivity contribution >= 4 is 23.2 Å². The van der Waals surface area contributed by atoms with Crippen LogP contribution >= 0.6 is 23.2 Å². The highest BCUT2D eigenvalue weighted by molar-refractivity contribution is 6.30. The number of hydrogen-bond donors (Lipinski definition) is 1. The van der Waals surface area contributed by atoms with E-state index in [1.54, 1.807) is 0 Å². The lowest BCUT2D eigenvalue weighted by Gasteiger charge is -2.39. The molecule has 2 aliphatic rings. The maximum absolute atomic E-state index is 6.21. The molecule has 0 aromatic carbocycles. The minimum absolute atomic E-state index is 0.172. The highest BCUT2D eigenvalue weighted by Crippen LogP contribution is 2.30. The first-order valence-corrected chi connectivity index (χ1v) is 6.37. The first-order valence-electron chi connectivity index (χ1n) is 5.50. The van der Waals surface area contributed by atoms with Gasteiger partial charge >= 0.3 is 0 Å². The molecule has 0 amide bonds. The fourth-order valence-electron chi connectivity index (χ4n) is 2.44. The topological polar surface area (TPSA) is 15.3 Å². The van der Waals surface area contributed by atoms with Gasteiger partial charge in [0.25, 0.3) is 0 Å². The predicted octanol–water partition coefficient (Wildman–Crippen LogP) is 1.66. The van der Waals surface area contributed by atoms with Gasteiger partial charge in [0, 0.05) is 32.2 Å². The molecular weight excluding hydrogens is 219 g/mol. The summed E-state index contributed by atoms with van der Waals surface area (Å²) < 4.78 is 0. The molecule has 82 valence electrons. The lowest BCUT2D eigenvalue weighted by Crippen LogP contribution is -2.50. The third-order valence-electron chi connectivity index (χ3n) is 3.33. The number of alkyl halides is 2. The molecule has 2 rings (SSSR count). The number of hydrogen-bond acceptors (Lipinski definition) is 2. The van der Waals surface area contributed by atoms with Gasteiger partial charge in [-0.05, 0) is 19.3 Å². The Morgan fingerprint density at radius 1 is 1.00 bits per heavy atom. The van der Waals surface area contributed by atoms with Crippen molar-refractivity contribution in [3.05, 3.63) is 0 Å². The van der Waals surface area contributed by atoms with Crippen LogP contribution in [0.4, 0.5) is 0 Å². The quantitative estimate of drug-likeness (QED) is 0.698. The molecule has 1 heterocycles. The highest BCUT2D eigenvalue weighted by Gasteiger charge is 2.31. The van der Waals surface area contributed by atoms with Crippen molar-refractivity contribution in [1.82, 2.24) is 10.2 Å². The Kier molecular flexibility index (Phi) is 3.94. The number of piperazine rings is 1. The van der Waals surface area contributed by atoms with E-state index in [-0.39, 0.29) is 10.8 Å². The summed E-state index contributed by atoms with van der Waals surface area (Å²) in [6.07, 6.45) is 3.36. The van der Waals surface area contributed by atoms with Crippen LogP contribution in [-0.4, -0.2) is 47.9 Å². The summed E-state index contributed by atoms with van der Waals surface area (Å²) in [4.78, 5) is 2.56. The van der Waals surface area contributed by atoms with Gasteiger partial charge in [0.15, 0.2) is 0 Å². The Morgan fingerprint density at radius 2 is 1.71 bits per heavy atom. The van der Waals surface area contributed by atoms with Crippen LogP contribution in [0.25, 0.3) is 0 Å². The van der Waals surface area contributed by atoms with Crippen molar-refractivity contribution in [2.24, 2.45) is 0 Å². The van der Waals surface area contributed by atoms with Gasteiger partial charge in [-0.1, -0.05) is 0 Å². The van der Waals surface area contributed by atoms with Gasteiger partial charge in [-0.25, -0.2) is 0 Å². The minimum atomic E-state index is 0.172. The molecule has 1 N–H and O–H groups in total. The van der Waals surface area contributed by atoms with Gasteiger partial charge < -0.3 is 5.32 Å². The van der Waals surface area contributed by atoms with E-state index in [1.807, 2.05) is 0 Å². The summed E-state index contributed by atoms with van der Waals surface area (Å²) in [5.74, 6) is 0. The van der Waals surface area contributed by atoms with E-state index >= 15 is 0 Å². The summed E-state index contributed by atoms with van der Waals surface area (Å²) in [6.45, 7) is 4.57. The van der Waals surface area contributed by atoms with Crippen molar-refractivity contribution in [2.75, 3.05) is 26.2 Å². The van der Waals surface area contributed by atoms with Crippen molar-refractivity contribution in [3.63, 3.8) is 0 Å². The van der Waals surface area contributed by atoms with Gasteiger partial charge in [-0.3, -0.25) is 4.90 Å². The normalized spacial score (nSPS) is 41.1. The molecule has 0 radical (unpaired) electrons. The maximum Gasteiger partial charge on any atom is 0.0514 e. The molecule has 2 fully saturated rings. The number of nitrogens with one attached hydrogen (secondary N) is 1. The lowest BCUT2D eigenvalue weighted by atomic mass is 9.93. The molecule has 3 unspecified atom stereocenters. The second-order valence-electron chi connectivity index (χ2n) is 4.28. The standard InChI is InChI=1S/C10H18Cl2N2/c11-9-2-1-8(7-10(9)12)14-5-3-13-4-6-14/h8-10,13H,1-7H2. The van der Waals surface area contributed by atoms with Crippen molar-refractivity contribution in [3.8, 4) is 0 Å². The van der Waals surface area contributed by atoms with Gasteiger partial charge in [-0.2, -0.15) is 0 Å². The molecule has 1 saturated carbocycles. The van der Waals surface area contributed by atoms with Crippen LogP contribution in [0.5, 0.6) is 0 Å². The zero-order chi connectivity index (χ0) is 9.97. The van der Waals surface area contributed by atoms with E-state index in [4.69, 9.17) is 23.2 Å². The van der Waals surface area contributed by atoms with Crippen LogP contribution in [0, 0.1) is 0 Å². The van der Waals surface area contributed by atoms with Gasteiger partial charge in [0.2, 0.25) is 0 Å². The van der Waals surface area contributed by atoms with Gasteiger partial charge in [0.05, 0.1) is 10.8 Å². The second-order valence-corrected chi connectivity index (χ2v) is 5.41. The van der Waals surface area contributed by atoms with Crippen LogP contribution in [-0.2, 0) is 0 Å². The van der Waals surface area contributed by atoms with E-state index < -0.39 is 0 Å². The van der Waals surface area contributed by atoms with E-state index in [1.165, 1.54) is 19.5 Å². The van der Waals surface area contributed by atoms with Crippen LogP contribution < -0.4 is 5.32 Å². The van der Waals surface area contributed by atoms with E-state index in [9.17, 15) is 0 Å². The van der Waals surface area contributed by atoms with E-state index in [2.05, 4.69) is 10.2 Å². The maximum atomic E-state index is 6.21. The van der Waals surface area contributed by atoms with Gasteiger partial charge in [-0.15, -0.1) is 23.2 Å². The fraction of sp³-hybridized carbons (Fsp3) is 1.00. The van der Waals surface area contributed by atoms with Crippen LogP contribution in [0.2, 0.25) is 0 Å². The summed E-state index contributed by atoms with van der Waals surface area (Å²) in [7, 11) is 0. The predicted molar refractivity (Wildman–Crippen MR) is 61.4 cm³/mol. The summed E-state index contributed by atoms with van der Waals surface area (Å²) >= 11 is 12.3. The van der Waals surface area contributed by atoms with Crippen LogP contribution in [0.3, 0.4) is 0 Å². The van der Waals surface area contributed by atoms with E-state index in [0.29, 0.717) is 6.04 Å². The molecule has 1 saturated heterocycles. The second kappa shape index (κ2) is 5.02. The zero-order valence-corrected chi connectivity index (χ0v) is 9.90. The Labute approximate surface area is 95.9 Å². The number of rotatable bonds is 1. The Balaban J connectivity index is 1.85. The largest absolute Gasteiger partial charge is 0.314 e. The molecule has 0 aromatic rings. The third-order valence-corrected chi connectivity index (χ3v) is 4.47. The molecular formula is C10H18Cl2N2. The molecule has 0 aromatic heterocycles. The Hall–Kier alpha value is 0.500. The summed E-state index contributed by atoms with van der Waals surface area (Å²) in [5, 5.41) is 3.74. The average Bonchev–Trinajstić information content (AvgIpc) is 2.23. The molecule has 3 atom stereocenters. The third kappa shape index (κ3) is 2.54. The average molecular weight is 237 g/mol. The van der Waals surface area contributed by atoms with E-state index in [0.717, 1.165) is 25.9 Å². The molecule has 14 heavy (non-hydrogen) atoms. The smallest absolute Gasteiger partial charge is 0.0514 e. The van der Waals surface area contributed by atoms with Crippen LogP contribution in [0.1, 0.15) is 19.3 Å². The summed E-state index contributed by atoms with van der Waals surface area (Å²) in [6, 6.07) is 0.676. The Bertz CT molecular complexity index is 183. The molecule has 0 spiro atoms. The Morgan fingerprint density at radius 3 is 2.36 bits per heavy atom. The molecule has 1 aliphatic carbocycles. The van der Waals surface area contributed by atoms with Crippen molar-refractivity contribution < 1.29 is 0 Å². The first-order chi connectivity index (χ1) is 6.77. The van der Waals surface area contributed by atoms with Crippen LogP contribution in [0.15, 0.2) is 0 Å². The molecule has 0 bridgehead atoms. The number of nitrogens with zero attached hydrogens (tertiary/aromatic N) is 1. The lowest BCUT2D eigenvalue weighted by molar-refractivity contribution is 0.141. The monoisotopic (exact) mass is 236 g/mol. The molecule has 2 nitrogen and oxygen atoms in total. The van der Waals surface area contributed by atoms with Crippen molar-refractivity contribution in [2.45, 2.75) is 36.1 Å². The first kappa shape index (κ1) is 11.0. The van der Waals surface area contributed by atoms with Crippen molar-refractivity contribution in [1.29, 1.82) is 0 Å². The molecule has 4 heteroatoms. The molecule has 1 aliphatic heterocycles. The number of halogens is 2. The minimum Gasteiger partial charge on any atom is -0.314 e. The SMILES string of the molecule is ClC1CCC(N2CCNCC2)CC1Cl. The summed E-state index contributed by atoms with van der Waals surface area (Å²) in [5.41, 5.74) is 0. The zero-order valence-electron chi connectivity index (χ0n) is 8.38. The van der Waals surface area contributed by atoms with Gasteiger partial charge in [0.1, 0.15) is 0 Å². The fourth-order valence-corrected chi connectivity index (χ4v) is 3.00. The highest BCUT2D eigenvalue weighted by atomic mass is 35.5.